The fourth-order valence-electron chi connectivity index (χ4n) is 4.57. The summed E-state index contributed by atoms with van der Waals surface area (Å²) in [6.07, 6.45) is 0.797. The standard InChI is InChI=1S/C30H35N3O5S/c1-21(2)19-33(39(36,37)24-15-13-23(38-3)14-16-24)20-29(34)28(17-22-9-5-4-6-10-22)32-30(35)26-18-31-27-12-8-7-11-25(26)27/h4-16,18,21,28-29,31,34H,17,19-20H2,1-3H3,(H,32,35)/t28-,29+/m0/s1. The number of hydrogen-bond acceptors (Lipinski definition) is 5. The number of para-hydroxylation sites is 1. The highest BCUT2D eigenvalue weighted by molar-refractivity contribution is 7.89. The molecule has 9 heteroatoms. The van der Waals surface area contributed by atoms with Gasteiger partial charge in [-0.1, -0.05) is 62.4 Å². The zero-order chi connectivity index (χ0) is 28.0. The number of nitrogens with zero attached hydrogens (tertiary/aromatic N) is 1. The van der Waals surface area contributed by atoms with E-state index < -0.39 is 22.2 Å². The first-order chi connectivity index (χ1) is 18.7. The van der Waals surface area contributed by atoms with Crippen LogP contribution >= 0.6 is 0 Å². The van der Waals surface area contributed by atoms with Gasteiger partial charge >= 0.3 is 0 Å². The number of carbonyl (C=O) groups is 1. The van der Waals surface area contributed by atoms with Crippen LogP contribution in [0.25, 0.3) is 10.9 Å². The number of fused-ring (bicyclic) bond motifs is 1. The summed E-state index contributed by atoms with van der Waals surface area (Å²) in [7, 11) is -2.41. The number of hydrogen-bond donors (Lipinski definition) is 3. The van der Waals surface area contributed by atoms with E-state index >= 15 is 0 Å². The van der Waals surface area contributed by atoms with Crippen LogP contribution in [0.15, 0.2) is 90.0 Å². The average Bonchev–Trinajstić information content (AvgIpc) is 3.37. The van der Waals surface area contributed by atoms with Crippen molar-refractivity contribution in [2.75, 3.05) is 20.2 Å². The number of nitrogens with one attached hydrogen (secondary N) is 2. The molecule has 1 heterocycles. The maximum Gasteiger partial charge on any atom is 0.253 e. The summed E-state index contributed by atoms with van der Waals surface area (Å²) in [5.41, 5.74) is 2.20. The molecule has 3 N–H and O–H groups in total. The minimum absolute atomic E-state index is 0.0126. The van der Waals surface area contributed by atoms with Gasteiger partial charge in [0.05, 0.1) is 29.7 Å². The lowest BCUT2D eigenvalue weighted by atomic mass is 10.00. The largest absolute Gasteiger partial charge is 0.497 e. The lowest BCUT2D eigenvalue weighted by Crippen LogP contribution is -2.51. The van der Waals surface area contributed by atoms with Gasteiger partial charge in [-0.05, 0) is 48.2 Å². The highest BCUT2D eigenvalue weighted by Gasteiger charge is 2.31. The number of sulfonamides is 1. The molecule has 39 heavy (non-hydrogen) atoms. The molecule has 0 unspecified atom stereocenters. The predicted octanol–water partition coefficient (Wildman–Crippen LogP) is 4.23. The number of methoxy groups -OCH3 is 1. The average molecular weight is 550 g/mol. The van der Waals surface area contributed by atoms with Crippen LogP contribution in [-0.2, 0) is 16.4 Å². The van der Waals surface area contributed by atoms with Crippen molar-refractivity contribution in [3.8, 4) is 5.75 Å². The summed E-state index contributed by atoms with van der Waals surface area (Å²) in [6.45, 7) is 3.87. The number of aromatic nitrogens is 1. The summed E-state index contributed by atoms with van der Waals surface area (Å²) in [6, 6.07) is 22.4. The third-order valence-electron chi connectivity index (χ3n) is 6.57. The quantitative estimate of drug-likeness (QED) is 0.245. The molecule has 3 aromatic carbocycles. The lowest BCUT2D eigenvalue weighted by Gasteiger charge is -2.30. The van der Waals surface area contributed by atoms with Crippen molar-refractivity contribution < 1.29 is 23.1 Å². The van der Waals surface area contributed by atoms with Gasteiger partial charge in [0.25, 0.3) is 5.91 Å². The number of aliphatic hydroxyl groups excluding tert-OH is 1. The Bertz CT molecular complexity index is 1480. The number of rotatable bonds is 12. The summed E-state index contributed by atoms with van der Waals surface area (Å²) in [4.78, 5) is 16.6. The van der Waals surface area contributed by atoms with Gasteiger partial charge in [-0.15, -0.1) is 0 Å². The number of H-pyrrole nitrogens is 1. The maximum absolute atomic E-state index is 13.6. The van der Waals surface area contributed by atoms with Gasteiger partial charge in [-0.25, -0.2) is 8.42 Å². The van der Waals surface area contributed by atoms with Crippen molar-refractivity contribution in [3.63, 3.8) is 0 Å². The van der Waals surface area contributed by atoms with E-state index in [4.69, 9.17) is 4.74 Å². The molecule has 1 amide bonds. The molecule has 4 rings (SSSR count). The van der Waals surface area contributed by atoms with E-state index in [1.165, 1.54) is 23.5 Å². The summed E-state index contributed by atoms with van der Waals surface area (Å²) in [5, 5.41) is 15.2. The molecule has 4 aromatic rings. The molecule has 0 fully saturated rings. The van der Waals surface area contributed by atoms with Crippen molar-refractivity contribution in [1.82, 2.24) is 14.6 Å². The van der Waals surface area contributed by atoms with Crippen LogP contribution in [0.3, 0.4) is 0 Å². The minimum Gasteiger partial charge on any atom is -0.497 e. The van der Waals surface area contributed by atoms with Crippen molar-refractivity contribution in [3.05, 3.63) is 96.2 Å². The van der Waals surface area contributed by atoms with Crippen LogP contribution in [0.5, 0.6) is 5.75 Å². The molecule has 0 spiro atoms. The first-order valence-electron chi connectivity index (χ1n) is 12.9. The van der Waals surface area contributed by atoms with Crippen molar-refractivity contribution in [1.29, 1.82) is 0 Å². The van der Waals surface area contributed by atoms with Crippen LogP contribution in [-0.4, -0.2) is 61.1 Å². The minimum atomic E-state index is -3.92. The SMILES string of the molecule is COc1ccc(S(=O)(=O)N(CC(C)C)C[C@@H](O)[C@H](Cc2ccccc2)NC(=O)c2c[nH]c3ccccc23)cc1. The fourth-order valence-corrected chi connectivity index (χ4v) is 6.19. The van der Waals surface area contributed by atoms with Crippen LogP contribution in [0, 0.1) is 5.92 Å². The number of aliphatic hydroxyl groups is 1. The van der Waals surface area contributed by atoms with Gasteiger partial charge in [0.1, 0.15) is 5.75 Å². The third kappa shape index (κ3) is 6.86. The van der Waals surface area contributed by atoms with Gasteiger partial charge in [0.2, 0.25) is 10.0 Å². The summed E-state index contributed by atoms with van der Waals surface area (Å²) >= 11 is 0. The van der Waals surface area contributed by atoms with Crippen molar-refractivity contribution in [2.24, 2.45) is 5.92 Å². The van der Waals surface area contributed by atoms with E-state index in [2.05, 4.69) is 10.3 Å². The second-order valence-electron chi connectivity index (χ2n) is 9.98. The Morgan fingerprint density at radius 3 is 2.31 bits per heavy atom. The molecule has 0 radical (unpaired) electrons. The van der Waals surface area contributed by atoms with Gasteiger partial charge < -0.3 is 20.1 Å². The molecule has 0 bridgehead atoms. The fraction of sp³-hybridized carbons (Fsp3) is 0.300. The Morgan fingerprint density at radius 1 is 0.974 bits per heavy atom. The number of ether oxygens (including phenoxy) is 1. The smallest absolute Gasteiger partial charge is 0.253 e. The molecule has 0 saturated heterocycles. The van der Waals surface area contributed by atoms with E-state index in [-0.39, 0.29) is 29.8 Å². The third-order valence-corrected chi connectivity index (χ3v) is 8.42. The number of aromatic amines is 1. The molecular formula is C30H35N3O5S. The van der Waals surface area contributed by atoms with Crippen molar-refractivity contribution >= 4 is 26.8 Å². The van der Waals surface area contributed by atoms with Crippen LogP contribution in [0.2, 0.25) is 0 Å². The Labute approximate surface area is 229 Å². The number of benzene rings is 3. The molecule has 2 atom stereocenters. The highest BCUT2D eigenvalue weighted by atomic mass is 32.2. The number of carbonyl (C=O) groups excluding carboxylic acids is 1. The highest BCUT2D eigenvalue weighted by Crippen LogP contribution is 2.22. The van der Waals surface area contributed by atoms with Gasteiger partial charge in [0.15, 0.2) is 0 Å². The maximum atomic E-state index is 13.6. The summed E-state index contributed by atoms with van der Waals surface area (Å²) in [5.74, 6) is 0.215. The Balaban J connectivity index is 1.61. The second kappa shape index (κ2) is 12.5. The van der Waals surface area contributed by atoms with E-state index in [9.17, 15) is 18.3 Å². The zero-order valence-electron chi connectivity index (χ0n) is 22.4. The normalized spacial score (nSPS) is 13.5. The first-order valence-corrected chi connectivity index (χ1v) is 14.4. The molecule has 0 aliphatic heterocycles. The summed E-state index contributed by atoms with van der Waals surface area (Å²) < 4.78 is 33.7. The van der Waals surface area contributed by atoms with Gasteiger partial charge in [-0.2, -0.15) is 4.31 Å². The molecule has 0 saturated carbocycles. The first kappa shape index (κ1) is 28.4. The van der Waals surface area contributed by atoms with E-state index in [1.54, 1.807) is 18.3 Å². The van der Waals surface area contributed by atoms with E-state index in [0.717, 1.165) is 16.5 Å². The molecule has 0 aliphatic carbocycles. The molecule has 206 valence electrons. The molecule has 0 aliphatic rings. The van der Waals surface area contributed by atoms with Crippen molar-refractivity contribution in [2.45, 2.75) is 37.3 Å². The zero-order valence-corrected chi connectivity index (χ0v) is 23.2. The number of amides is 1. The monoisotopic (exact) mass is 549 g/mol. The Hall–Kier alpha value is -3.66. The van der Waals surface area contributed by atoms with E-state index in [1.807, 2.05) is 68.4 Å². The second-order valence-corrected chi connectivity index (χ2v) is 11.9. The van der Waals surface area contributed by atoms with Gasteiger partial charge in [-0.3, -0.25) is 4.79 Å². The van der Waals surface area contributed by atoms with E-state index in [0.29, 0.717) is 17.7 Å². The molecule has 1 aromatic heterocycles. The lowest BCUT2D eigenvalue weighted by molar-refractivity contribution is 0.0777. The predicted molar refractivity (Wildman–Crippen MR) is 152 cm³/mol. The van der Waals surface area contributed by atoms with Crippen LogP contribution < -0.4 is 10.1 Å². The Morgan fingerprint density at radius 2 is 1.64 bits per heavy atom. The Kier molecular flexibility index (Phi) is 9.06. The van der Waals surface area contributed by atoms with Gasteiger partial charge in [0, 0.05) is 30.2 Å². The molecule has 8 nitrogen and oxygen atoms in total. The van der Waals surface area contributed by atoms with Crippen LogP contribution in [0.1, 0.15) is 29.8 Å². The van der Waals surface area contributed by atoms with Crippen LogP contribution in [0.4, 0.5) is 0 Å². The molecular weight excluding hydrogens is 514 g/mol. The topological polar surface area (TPSA) is 112 Å².